The Bertz CT molecular complexity index is 972. The van der Waals surface area contributed by atoms with Crippen LogP contribution >= 0.6 is 0 Å². The molecule has 1 aromatic carbocycles. The maximum atomic E-state index is 13.1. The summed E-state index contributed by atoms with van der Waals surface area (Å²) in [6.45, 7) is 0.0750. The SMILES string of the molecule is N#Cc1ccc(CNC(=O)C2CCC(NC(=O)C3(C(F)(F)F)CC3)CC2)c(ON=[N+]=[N-])c1. The van der Waals surface area contributed by atoms with Gasteiger partial charge in [0, 0.05) is 29.0 Å². The third-order valence-electron chi connectivity index (χ3n) is 5.99. The second-order valence-corrected chi connectivity index (χ2v) is 8.02. The number of rotatable bonds is 7. The molecule has 32 heavy (non-hydrogen) atoms. The van der Waals surface area contributed by atoms with Gasteiger partial charge in [0.25, 0.3) is 0 Å². The molecule has 2 N–H and O–H groups in total. The van der Waals surface area contributed by atoms with Crippen molar-refractivity contribution in [1.82, 2.24) is 10.6 Å². The van der Waals surface area contributed by atoms with Crippen LogP contribution in [-0.4, -0.2) is 24.0 Å². The van der Waals surface area contributed by atoms with Gasteiger partial charge >= 0.3 is 6.18 Å². The third kappa shape index (κ3) is 5.06. The van der Waals surface area contributed by atoms with E-state index < -0.39 is 17.5 Å². The second kappa shape index (κ2) is 9.36. The van der Waals surface area contributed by atoms with E-state index in [4.69, 9.17) is 15.6 Å². The Morgan fingerprint density at radius 1 is 1.28 bits per heavy atom. The number of benzene rings is 1. The first-order valence-electron chi connectivity index (χ1n) is 10.1. The van der Waals surface area contributed by atoms with Gasteiger partial charge in [-0.25, -0.2) is 0 Å². The zero-order valence-electron chi connectivity index (χ0n) is 17.0. The highest BCUT2D eigenvalue weighted by Gasteiger charge is 2.68. The van der Waals surface area contributed by atoms with Crippen molar-refractivity contribution in [1.29, 1.82) is 5.26 Å². The standard InChI is InChI=1S/C20H21F3N6O3/c21-20(22,23)19(7-8-19)18(31)27-15-5-3-13(4-6-15)17(30)26-11-14-2-1-12(10-24)9-16(14)32-29-28-25/h1-2,9,13,15H,3-8,11H2,(H,26,30)(H,27,31). The molecule has 0 saturated heterocycles. The van der Waals surface area contributed by atoms with Crippen LogP contribution in [0, 0.1) is 22.7 Å². The van der Waals surface area contributed by atoms with Crippen molar-refractivity contribution in [3.8, 4) is 11.8 Å². The summed E-state index contributed by atoms with van der Waals surface area (Å²) >= 11 is 0. The van der Waals surface area contributed by atoms with Gasteiger partial charge in [-0.3, -0.25) is 9.59 Å². The summed E-state index contributed by atoms with van der Waals surface area (Å²) in [6, 6.07) is 6.04. The van der Waals surface area contributed by atoms with Gasteiger partial charge in [0.15, 0.2) is 0 Å². The average molecular weight is 450 g/mol. The first kappa shape index (κ1) is 23.2. The van der Waals surface area contributed by atoms with E-state index in [9.17, 15) is 22.8 Å². The highest BCUT2D eigenvalue weighted by molar-refractivity contribution is 5.86. The fourth-order valence-electron chi connectivity index (χ4n) is 3.83. The van der Waals surface area contributed by atoms with Gasteiger partial charge in [0.2, 0.25) is 11.8 Å². The normalized spacial score (nSPS) is 21.4. The van der Waals surface area contributed by atoms with Crippen LogP contribution in [0.3, 0.4) is 0 Å². The number of halogens is 3. The number of amides is 2. The minimum absolute atomic E-state index is 0.0750. The molecule has 0 heterocycles. The van der Waals surface area contributed by atoms with Crippen LogP contribution in [0.2, 0.25) is 0 Å². The maximum Gasteiger partial charge on any atom is 0.403 e. The molecule has 0 aliphatic heterocycles. The molecule has 2 saturated carbocycles. The lowest BCUT2D eigenvalue weighted by molar-refractivity contribution is -0.192. The van der Waals surface area contributed by atoms with Crippen molar-refractivity contribution in [2.45, 2.75) is 57.3 Å². The lowest BCUT2D eigenvalue weighted by Crippen LogP contribution is -2.47. The van der Waals surface area contributed by atoms with E-state index in [2.05, 4.69) is 20.8 Å². The number of nitriles is 1. The molecule has 2 aliphatic carbocycles. The van der Waals surface area contributed by atoms with Crippen LogP contribution in [0.1, 0.15) is 49.7 Å². The number of carbonyl (C=O) groups excluding carboxylic acids is 2. The molecule has 12 heteroatoms. The van der Waals surface area contributed by atoms with E-state index in [1.807, 2.05) is 6.07 Å². The Balaban J connectivity index is 1.50. The van der Waals surface area contributed by atoms with Gasteiger partial charge in [-0.1, -0.05) is 6.07 Å². The summed E-state index contributed by atoms with van der Waals surface area (Å²) in [4.78, 5) is 32.0. The molecule has 2 fully saturated rings. The average Bonchev–Trinajstić information content (AvgIpc) is 3.59. The zero-order valence-corrected chi connectivity index (χ0v) is 17.0. The first-order valence-corrected chi connectivity index (χ1v) is 10.1. The van der Waals surface area contributed by atoms with Crippen LogP contribution in [0.25, 0.3) is 10.4 Å². The van der Waals surface area contributed by atoms with Gasteiger partial charge < -0.3 is 15.5 Å². The van der Waals surface area contributed by atoms with E-state index in [1.165, 1.54) is 12.1 Å². The lowest BCUT2D eigenvalue weighted by atomic mass is 9.85. The Kier molecular flexibility index (Phi) is 6.79. The van der Waals surface area contributed by atoms with E-state index in [0.717, 1.165) is 0 Å². The number of nitrogens with one attached hydrogen (secondary N) is 2. The molecular weight excluding hydrogens is 429 g/mol. The van der Waals surface area contributed by atoms with Crippen molar-refractivity contribution in [2.24, 2.45) is 16.6 Å². The van der Waals surface area contributed by atoms with Crippen LogP contribution in [0.5, 0.6) is 5.75 Å². The fourth-order valence-corrected chi connectivity index (χ4v) is 3.83. The molecule has 3 rings (SSSR count). The van der Waals surface area contributed by atoms with Crippen LogP contribution in [0.4, 0.5) is 13.2 Å². The second-order valence-electron chi connectivity index (χ2n) is 8.02. The fraction of sp³-hybridized carbons (Fsp3) is 0.550. The number of azide groups is 1. The third-order valence-corrected chi connectivity index (χ3v) is 5.99. The van der Waals surface area contributed by atoms with Crippen molar-refractivity contribution in [3.05, 3.63) is 39.8 Å². The Labute approximate surface area is 181 Å². The van der Waals surface area contributed by atoms with Crippen molar-refractivity contribution >= 4 is 11.8 Å². The zero-order chi connectivity index (χ0) is 23.4. The monoisotopic (exact) mass is 450 g/mol. The van der Waals surface area contributed by atoms with Crippen LogP contribution in [-0.2, 0) is 16.1 Å². The minimum atomic E-state index is -4.54. The van der Waals surface area contributed by atoms with Crippen LogP contribution in [0.15, 0.2) is 23.5 Å². The lowest BCUT2D eigenvalue weighted by Gasteiger charge is -2.30. The quantitative estimate of drug-likeness (QED) is 0.282. The maximum absolute atomic E-state index is 13.1. The summed E-state index contributed by atoms with van der Waals surface area (Å²) in [5, 5.41) is 17.3. The van der Waals surface area contributed by atoms with Gasteiger partial charge in [0.1, 0.15) is 16.4 Å². The summed E-state index contributed by atoms with van der Waals surface area (Å²) in [5.41, 5.74) is 6.98. The van der Waals surface area contributed by atoms with Crippen molar-refractivity contribution < 1.29 is 27.6 Å². The smallest absolute Gasteiger partial charge is 0.394 e. The van der Waals surface area contributed by atoms with E-state index >= 15 is 0 Å². The molecule has 0 bridgehead atoms. The molecule has 0 unspecified atom stereocenters. The summed E-state index contributed by atoms with van der Waals surface area (Å²) in [7, 11) is 0. The van der Waals surface area contributed by atoms with Crippen molar-refractivity contribution in [2.75, 3.05) is 0 Å². The molecule has 0 radical (unpaired) electrons. The Morgan fingerprint density at radius 3 is 2.53 bits per heavy atom. The first-order chi connectivity index (χ1) is 15.2. The molecule has 2 aliphatic rings. The summed E-state index contributed by atoms with van der Waals surface area (Å²) in [5.74, 6) is -1.39. The number of alkyl halides is 3. The largest absolute Gasteiger partial charge is 0.403 e. The topological polar surface area (TPSA) is 140 Å². The van der Waals surface area contributed by atoms with Gasteiger partial charge in [-0.05, 0) is 56.2 Å². The van der Waals surface area contributed by atoms with Gasteiger partial charge in [0.05, 0.1) is 11.6 Å². The molecule has 0 atom stereocenters. The summed E-state index contributed by atoms with van der Waals surface area (Å²) < 4.78 is 39.2. The van der Waals surface area contributed by atoms with Crippen molar-refractivity contribution in [3.63, 3.8) is 0 Å². The number of hydrogen-bond acceptors (Lipinski definition) is 5. The van der Waals surface area contributed by atoms with E-state index in [-0.39, 0.29) is 43.0 Å². The number of hydrogen-bond donors (Lipinski definition) is 2. The van der Waals surface area contributed by atoms with Gasteiger partial charge in [-0.2, -0.15) is 18.4 Å². The van der Waals surface area contributed by atoms with E-state index in [0.29, 0.717) is 36.8 Å². The highest BCUT2D eigenvalue weighted by atomic mass is 19.4. The molecule has 0 aromatic heterocycles. The Hall–Kier alpha value is -3.45. The summed E-state index contributed by atoms with van der Waals surface area (Å²) in [6.07, 6.45) is -3.20. The molecule has 170 valence electrons. The minimum Gasteiger partial charge on any atom is -0.394 e. The van der Waals surface area contributed by atoms with Crippen LogP contribution < -0.4 is 15.5 Å². The molecular formula is C20H21F3N6O3. The van der Waals surface area contributed by atoms with Gasteiger partial charge in [-0.15, -0.1) is 0 Å². The molecule has 2 amide bonds. The predicted octanol–water partition coefficient (Wildman–Crippen LogP) is 3.80. The number of carbonyl (C=O) groups is 2. The Morgan fingerprint density at radius 2 is 1.97 bits per heavy atom. The molecule has 1 aromatic rings. The predicted molar refractivity (Wildman–Crippen MR) is 104 cm³/mol. The number of nitrogens with zero attached hydrogens (tertiary/aromatic N) is 4. The highest BCUT2D eigenvalue weighted by Crippen LogP contribution is 2.57. The van der Waals surface area contributed by atoms with E-state index in [1.54, 1.807) is 6.07 Å². The molecule has 0 spiro atoms. The molecule has 9 nitrogen and oxygen atoms in total.